The highest BCUT2D eigenvalue weighted by atomic mass is 35.5. The molecule has 1 aliphatic heterocycles. The molecule has 8 heteroatoms. The average Bonchev–Trinajstić information content (AvgIpc) is 2.87. The summed E-state index contributed by atoms with van der Waals surface area (Å²) < 4.78 is 11.6. The zero-order valence-electron chi connectivity index (χ0n) is 18.7. The lowest BCUT2D eigenvalue weighted by molar-refractivity contribution is 0.278. The van der Waals surface area contributed by atoms with Crippen LogP contribution in [-0.2, 0) is 18.8 Å². The minimum absolute atomic E-state index is 0.107. The second-order valence-electron chi connectivity index (χ2n) is 7.90. The van der Waals surface area contributed by atoms with Crippen LogP contribution >= 0.6 is 23.4 Å². The molecule has 0 saturated heterocycles. The number of hydrogen-bond donors (Lipinski definition) is 1. The van der Waals surface area contributed by atoms with Crippen molar-refractivity contribution in [2.24, 2.45) is 0 Å². The van der Waals surface area contributed by atoms with Crippen LogP contribution in [0.5, 0.6) is 17.4 Å². The number of halogens is 1. The number of pyridine rings is 1. The third-order valence-electron chi connectivity index (χ3n) is 5.67. The van der Waals surface area contributed by atoms with Crippen molar-refractivity contribution in [2.45, 2.75) is 30.7 Å². The van der Waals surface area contributed by atoms with Crippen molar-refractivity contribution in [3.05, 3.63) is 87.7 Å². The number of hydrogen-bond acceptors (Lipinski definition) is 7. The maximum absolute atomic E-state index is 9.86. The Morgan fingerprint density at radius 2 is 1.94 bits per heavy atom. The molecule has 3 heterocycles. The SMILES string of the molecule is COc1ccc(-c2nc3c(c(SCc4cccc(Cl)c4)n2)Cc2c(CO)cnc(C)c2O3)cc1. The third kappa shape index (κ3) is 4.46. The van der Waals surface area contributed by atoms with Crippen LogP contribution < -0.4 is 9.47 Å². The maximum atomic E-state index is 9.86. The highest BCUT2D eigenvalue weighted by Crippen LogP contribution is 2.43. The van der Waals surface area contributed by atoms with Gasteiger partial charge in [0.15, 0.2) is 11.6 Å². The summed E-state index contributed by atoms with van der Waals surface area (Å²) in [6.07, 6.45) is 2.26. The number of methoxy groups -OCH3 is 1. The molecule has 0 amide bonds. The number of fused-ring (bicyclic) bond motifs is 2. The molecule has 4 aromatic rings. The number of aliphatic hydroxyl groups is 1. The summed E-state index contributed by atoms with van der Waals surface area (Å²) >= 11 is 7.79. The first-order valence-corrected chi connectivity index (χ1v) is 12.1. The summed E-state index contributed by atoms with van der Waals surface area (Å²) in [5, 5.41) is 11.4. The van der Waals surface area contributed by atoms with Gasteiger partial charge in [-0.3, -0.25) is 4.98 Å². The van der Waals surface area contributed by atoms with Crippen molar-refractivity contribution in [3.8, 4) is 28.8 Å². The van der Waals surface area contributed by atoms with E-state index < -0.39 is 0 Å². The molecule has 172 valence electrons. The standard InChI is InChI=1S/C26H22ClN3O3S/c1-15-23-21(18(13-31)12-28-15)11-22-25(33-23)29-24(17-6-8-20(32-2)9-7-17)30-26(22)34-14-16-4-3-5-19(27)10-16/h3-10,12,31H,11,13-14H2,1-2H3. The Kier molecular flexibility index (Phi) is 6.41. The summed E-state index contributed by atoms with van der Waals surface area (Å²) in [7, 11) is 1.64. The normalized spacial score (nSPS) is 12.0. The molecule has 5 rings (SSSR count). The maximum Gasteiger partial charge on any atom is 0.227 e. The third-order valence-corrected chi connectivity index (χ3v) is 6.99. The van der Waals surface area contributed by atoms with E-state index in [-0.39, 0.29) is 6.61 Å². The van der Waals surface area contributed by atoms with Crippen molar-refractivity contribution >= 4 is 23.4 Å². The molecular formula is C26H22ClN3O3S. The number of aryl methyl sites for hydroxylation is 1. The molecule has 6 nitrogen and oxygen atoms in total. The molecule has 0 unspecified atom stereocenters. The lowest BCUT2D eigenvalue weighted by Crippen LogP contribution is -2.13. The fourth-order valence-electron chi connectivity index (χ4n) is 3.86. The van der Waals surface area contributed by atoms with Gasteiger partial charge in [-0.2, -0.15) is 4.98 Å². The number of ether oxygens (including phenoxy) is 2. The van der Waals surface area contributed by atoms with Crippen molar-refractivity contribution in [1.29, 1.82) is 0 Å². The number of thioether (sulfide) groups is 1. The molecule has 1 N–H and O–H groups in total. The Balaban J connectivity index is 1.58. The average molecular weight is 492 g/mol. The van der Waals surface area contributed by atoms with Crippen LogP contribution in [0.4, 0.5) is 0 Å². The van der Waals surface area contributed by atoms with Gasteiger partial charge in [-0.05, 0) is 48.9 Å². The summed E-state index contributed by atoms with van der Waals surface area (Å²) in [4.78, 5) is 14.1. The van der Waals surface area contributed by atoms with Gasteiger partial charge in [0.2, 0.25) is 5.88 Å². The van der Waals surface area contributed by atoms with Crippen molar-refractivity contribution < 1.29 is 14.6 Å². The fourth-order valence-corrected chi connectivity index (χ4v) is 5.04. The zero-order chi connectivity index (χ0) is 23.7. The molecule has 0 bridgehead atoms. The Morgan fingerprint density at radius 3 is 2.68 bits per heavy atom. The van der Waals surface area contributed by atoms with Crippen molar-refractivity contribution in [1.82, 2.24) is 15.0 Å². The van der Waals surface area contributed by atoms with E-state index in [1.54, 1.807) is 25.1 Å². The number of nitrogens with zero attached hydrogens (tertiary/aromatic N) is 3. The smallest absolute Gasteiger partial charge is 0.227 e. The quantitative estimate of drug-likeness (QED) is 0.231. The molecule has 1 aliphatic rings. The second-order valence-corrected chi connectivity index (χ2v) is 9.30. The first kappa shape index (κ1) is 22.7. The molecule has 0 spiro atoms. The highest BCUT2D eigenvalue weighted by Gasteiger charge is 2.27. The molecule has 0 fully saturated rings. The van der Waals surface area contributed by atoms with Gasteiger partial charge in [-0.25, -0.2) is 4.98 Å². The van der Waals surface area contributed by atoms with E-state index in [4.69, 9.17) is 31.0 Å². The van der Waals surface area contributed by atoms with Crippen LogP contribution in [0, 0.1) is 6.92 Å². The largest absolute Gasteiger partial charge is 0.497 e. The zero-order valence-corrected chi connectivity index (χ0v) is 20.3. The van der Waals surface area contributed by atoms with Gasteiger partial charge in [0.25, 0.3) is 0 Å². The molecule has 34 heavy (non-hydrogen) atoms. The first-order valence-electron chi connectivity index (χ1n) is 10.7. The first-order chi connectivity index (χ1) is 16.6. The van der Waals surface area contributed by atoms with Crippen LogP contribution in [0.2, 0.25) is 5.02 Å². The minimum atomic E-state index is -0.107. The summed E-state index contributed by atoms with van der Waals surface area (Å²) in [5.74, 6) is 3.20. The van der Waals surface area contributed by atoms with Gasteiger partial charge in [0.05, 0.1) is 25.0 Å². The second kappa shape index (κ2) is 9.62. The minimum Gasteiger partial charge on any atom is -0.497 e. The van der Waals surface area contributed by atoms with Crippen LogP contribution in [0.25, 0.3) is 11.4 Å². The van der Waals surface area contributed by atoms with Crippen LogP contribution in [0.15, 0.2) is 59.8 Å². The highest BCUT2D eigenvalue weighted by molar-refractivity contribution is 7.98. The Labute approximate surface area is 207 Å². The van der Waals surface area contributed by atoms with Gasteiger partial charge in [-0.1, -0.05) is 23.7 Å². The Bertz CT molecular complexity index is 1360. The van der Waals surface area contributed by atoms with Gasteiger partial charge in [0.1, 0.15) is 10.8 Å². The number of aromatic nitrogens is 3. The number of rotatable bonds is 6. The topological polar surface area (TPSA) is 77.4 Å². The van der Waals surface area contributed by atoms with E-state index in [1.165, 1.54) is 0 Å². The van der Waals surface area contributed by atoms with E-state index in [1.807, 2.05) is 55.5 Å². The molecule has 0 radical (unpaired) electrons. The van der Waals surface area contributed by atoms with E-state index in [9.17, 15) is 5.11 Å². The Morgan fingerprint density at radius 1 is 1.12 bits per heavy atom. The number of aliphatic hydroxyl groups excluding tert-OH is 1. The van der Waals surface area contributed by atoms with Crippen LogP contribution in [0.3, 0.4) is 0 Å². The van der Waals surface area contributed by atoms with E-state index in [0.29, 0.717) is 34.7 Å². The van der Waals surface area contributed by atoms with Gasteiger partial charge >= 0.3 is 0 Å². The van der Waals surface area contributed by atoms with Gasteiger partial charge in [0, 0.05) is 40.1 Å². The van der Waals surface area contributed by atoms with Crippen molar-refractivity contribution in [2.75, 3.05) is 7.11 Å². The van der Waals surface area contributed by atoms with Crippen LogP contribution in [0.1, 0.15) is 27.9 Å². The predicted octanol–water partition coefficient (Wildman–Crippen LogP) is 5.99. The lowest BCUT2D eigenvalue weighted by atomic mass is 9.99. The van der Waals surface area contributed by atoms with E-state index in [2.05, 4.69) is 4.98 Å². The van der Waals surface area contributed by atoms with Crippen molar-refractivity contribution in [3.63, 3.8) is 0 Å². The molecule has 0 atom stereocenters. The lowest BCUT2D eigenvalue weighted by Gasteiger charge is -2.24. The molecule has 0 aliphatic carbocycles. The summed E-state index contributed by atoms with van der Waals surface area (Å²) in [6, 6.07) is 15.4. The predicted molar refractivity (Wildman–Crippen MR) is 133 cm³/mol. The van der Waals surface area contributed by atoms with E-state index >= 15 is 0 Å². The monoisotopic (exact) mass is 491 g/mol. The summed E-state index contributed by atoms with van der Waals surface area (Å²) in [5.41, 5.74) is 5.29. The van der Waals surface area contributed by atoms with E-state index in [0.717, 1.165) is 44.3 Å². The van der Waals surface area contributed by atoms with Gasteiger partial charge in [-0.15, -0.1) is 11.8 Å². The van der Waals surface area contributed by atoms with Gasteiger partial charge < -0.3 is 14.6 Å². The molecule has 2 aromatic heterocycles. The molecule has 2 aromatic carbocycles. The number of benzene rings is 2. The molecular weight excluding hydrogens is 470 g/mol. The van der Waals surface area contributed by atoms with Crippen LogP contribution in [-0.4, -0.2) is 27.2 Å². The fraction of sp³-hybridized carbons (Fsp3) is 0.192. The molecule has 0 saturated carbocycles. The Hall–Kier alpha value is -3.13. The summed E-state index contributed by atoms with van der Waals surface area (Å²) in [6.45, 7) is 1.79.